The average Bonchev–Trinajstić information content (AvgIpc) is 3.32. The first-order chi connectivity index (χ1) is 16.6. The third-order valence-corrected chi connectivity index (χ3v) is 5.55. The molecule has 0 unspecified atom stereocenters. The van der Waals surface area contributed by atoms with Crippen molar-refractivity contribution in [1.82, 2.24) is 5.32 Å². The average molecular weight is 465 g/mol. The molecule has 34 heavy (non-hydrogen) atoms. The number of methoxy groups -OCH3 is 3. The van der Waals surface area contributed by atoms with Gasteiger partial charge in [0.15, 0.2) is 11.5 Å². The predicted molar refractivity (Wildman–Crippen MR) is 128 cm³/mol. The van der Waals surface area contributed by atoms with Gasteiger partial charge in [0, 0.05) is 12.1 Å². The van der Waals surface area contributed by atoms with Crippen molar-refractivity contribution in [1.29, 1.82) is 0 Å². The summed E-state index contributed by atoms with van der Waals surface area (Å²) in [7, 11) is 4.76. The predicted octanol–water partition coefficient (Wildman–Crippen LogP) is 4.42. The van der Waals surface area contributed by atoms with E-state index in [1.54, 1.807) is 39.5 Å². The number of carbonyl (C=O) groups is 1. The smallest absolute Gasteiger partial charge is 0.319 e. The minimum absolute atomic E-state index is 0.182. The van der Waals surface area contributed by atoms with E-state index in [1.165, 1.54) is 0 Å². The number of hydrogen-bond donors (Lipinski definition) is 2. The van der Waals surface area contributed by atoms with E-state index in [2.05, 4.69) is 10.6 Å². The van der Waals surface area contributed by atoms with Gasteiger partial charge >= 0.3 is 6.03 Å². The molecule has 1 aliphatic rings. The molecule has 0 saturated carbocycles. The van der Waals surface area contributed by atoms with Gasteiger partial charge in [-0.1, -0.05) is 18.2 Å². The number of urea groups is 1. The summed E-state index contributed by atoms with van der Waals surface area (Å²) in [6.45, 7) is 0.221. The van der Waals surface area contributed by atoms with E-state index in [1.807, 2.05) is 42.5 Å². The largest absolute Gasteiger partial charge is 0.497 e. The van der Waals surface area contributed by atoms with Crippen molar-refractivity contribution >= 4 is 11.7 Å². The molecular weight excluding hydrogens is 436 g/mol. The normalized spacial score (nSPS) is 12.6. The van der Waals surface area contributed by atoms with Gasteiger partial charge in [-0.15, -0.1) is 0 Å². The molecule has 2 amide bonds. The van der Waals surface area contributed by atoms with Crippen LogP contribution in [0.5, 0.6) is 28.7 Å². The number of fused-ring (bicyclic) bond motifs is 1. The number of benzene rings is 3. The Balaban J connectivity index is 1.50. The maximum atomic E-state index is 12.9. The first kappa shape index (κ1) is 23.1. The Kier molecular flexibility index (Phi) is 7.27. The quantitative estimate of drug-likeness (QED) is 0.488. The molecule has 0 aliphatic carbocycles. The van der Waals surface area contributed by atoms with Crippen molar-refractivity contribution in [2.75, 3.05) is 33.4 Å². The number of ether oxygens (including phenoxy) is 5. The number of carbonyl (C=O) groups excluding carboxylic acids is 1. The lowest BCUT2D eigenvalue weighted by Crippen LogP contribution is -2.40. The molecule has 1 atom stereocenters. The van der Waals surface area contributed by atoms with E-state index in [-0.39, 0.29) is 18.9 Å². The molecule has 0 radical (unpaired) electrons. The first-order valence-corrected chi connectivity index (χ1v) is 10.9. The van der Waals surface area contributed by atoms with Gasteiger partial charge in [-0.2, -0.15) is 0 Å². The summed E-state index contributed by atoms with van der Waals surface area (Å²) in [5.74, 6) is 3.38. The summed E-state index contributed by atoms with van der Waals surface area (Å²) in [6, 6.07) is 18.4. The molecule has 3 aromatic rings. The van der Waals surface area contributed by atoms with E-state index in [4.69, 9.17) is 23.7 Å². The molecular formula is C26H28N2O6. The highest BCUT2D eigenvalue weighted by molar-refractivity contribution is 5.91. The van der Waals surface area contributed by atoms with Crippen LogP contribution in [0.25, 0.3) is 0 Å². The van der Waals surface area contributed by atoms with Crippen molar-refractivity contribution in [3.63, 3.8) is 0 Å². The number of nitrogens with one attached hydrogen (secondary N) is 2. The van der Waals surface area contributed by atoms with E-state index in [9.17, 15) is 4.79 Å². The van der Waals surface area contributed by atoms with Gasteiger partial charge in [-0.3, -0.25) is 0 Å². The van der Waals surface area contributed by atoms with Crippen LogP contribution >= 0.6 is 0 Å². The number of hydrogen-bond acceptors (Lipinski definition) is 6. The maximum absolute atomic E-state index is 12.9. The zero-order valence-corrected chi connectivity index (χ0v) is 19.4. The molecule has 8 heteroatoms. The van der Waals surface area contributed by atoms with Crippen molar-refractivity contribution < 1.29 is 28.5 Å². The van der Waals surface area contributed by atoms with Crippen LogP contribution in [0.4, 0.5) is 10.5 Å². The molecule has 3 aromatic carbocycles. The Bertz CT molecular complexity index is 1130. The molecule has 2 N–H and O–H groups in total. The van der Waals surface area contributed by atoms with Crippen molar-refractivity contribution in [3.05, 3.63) is 71.8 Å². The number of rotatable bonds is 9. The number of anilines is 1. The van der Waals surface area contributed by atoms with Crippen LogP contribution in [0.15, 0.2) is 60.7 Å². The molecule has 0 spiro atoms. The highest BCUT2D eigenvalue weighted by atomic mass is 16.7. The highest BCUT2D eigenvalue weighted by Crippen LogP contribution is 2.33. The SMILES string of the molecule is COc1ccc(C[C@@H](Cc2ccc3c(c2)OCO3)NC(=O)Nc2ccc(OC)cc2OC)cc1. The molecule has 1 aliphatic heterocycles. The Morgan fingerprint density at radius 1 is 0.824 bits per heavy atom. The van der Waals surface area contributed by atoms with Crippen LogP contribution < -0.4 is 34.3 Å². The van der Waals surface area contributed by atoms with Crippen LogP contribution in [0.3, 0.4) is 0 Å². The second kappa shape index (κ2) is 10.7. The summed E-state index contributed by atoms with van der Waals surface area (Å²) < 4.78 is 26.8. The highest BCUT2D eigenvalue weighted by Gasteiger charge is 2.19. The summed E-state index contributed by atoms with van der Waals surface area (Å²) in [4.78, 5) is 12.9. The zero-order valence-electron chi connectivity index (χ0n) is 19.4. The molecule has 8 nitrogen and oxygen atoms in total. The topological polar surface area (TPSA) is 87.3 Å². The standard InChI is InChI=1S/C26H28N2O6/c1-30-20-7-4-17(5-8-20)12-19(13-18-6-11-23-25(14-18)34-16-33-23)27-26(29)28-22-10-9-21(31-2)15-24(22)32-3/h4-11,14-15,19H,12-13,16H2,1-3H3,(H2,27,28,29)/t19-/m0/s1. The van der Waals surface area contributed by atoms with Gasteiger partial charge < -0.3 is 34.3 Å². The number of amides is 2. The van der Waals surface area contributed by atoms with Crippen LogP contribution in [0, 0.1) is 0 Å². The fourth-order valence-electron chi connectivity index (χ4n) is 3.82. The second-order valence-electron chi connectivity index (χ2n) is 7.81. The summed E-state index contributed by atoms with van der Waals surface area (Å²) in [5.41, 5.74) is 2.66. The molecule has 0 aromatic heterocycles. The van der Waals surface area contributed by atoms with E-state index in [0.29, 0.717) is 35.8 Å². The summed E-state index contributed by atoms with van der Waals surface area (Å²) in [6.07, 6.45) is 1.24. The third kappa shape index (κ3) is 5.64. The second-order valence-corrected chi connectivity index (χ2v) is 7.81. The van der Waals surface area contributed by atoms with E-state index in [0.717, 1.165) is 22.6 Å². The minimum atomic E-state index is -0.331. The zero-order chi connectivity index (χ0) is 23.9. The Hall–Kier alpha value is -4.07. The third-order valence-electron chi connectivity index (χ3n) is 5.55. The molecule has 0 fully saturated rings. The van der Waals surface area contributed by atoms with Crippen molar-refractivity contribution in [2.45, 2.75) is 18.9 Å². The fraction of sp³-hybridized carbons (Fsp3) is 0.269. The molecule has 0 bridgehead atoms. The lowest BCUT2D eigenvalue weighted by atomic mass is 9.98. The van der Waals surface area contributed by atoms with Crippen LogP contribution in [-0.2, 0) is 12.8 Å². The Morgan fingerprint density at radius 2 is 1.50 bits per heavy atom. The minimum Gasteiger partial charge on any atom is -0.497 e. The van der Waals surface area contributed by atoms with Gasteiger partial charge in [0.05, 0.1) is 27.0 Å². The van der Waals surface area contributed by atoms with Gasteiger partial charge in [-0.25, -0.2) is 4.79 Å². The van der Waals surface area contributed by atoms with Crippen LogP contribution in [0.1, 0.15) is 11.1 Å². The van der Waals surface area contributed by atoms with Gasteiger partial charge in [-0.05, 0) is 60.4 Å². The summed E-state index contributed by atoms with van der Waals surface area (Å²) >= 11 is 0. The van der Waals surface area contributed by atoms with Gasteiger partial charge in [0.25, 0.3) is 0 Å². The first-order valence-electron chi connectivity index (χ1n) is 10.9. The fourth-order valence-corrected chi connectivity index (χ4v) is 3.82. The maximum Gasteiger partial charge on any atom is 0.319 e. The Morgan fingerprint density at radius 3 is 2.24 bits per heavy atom. The van der Waals surface area contributed by atoms with Crippen LogP contribution in [0.2, 0.25) is 0 Å². The van der Waals surface area contributed by atoms with Gasteiger partial charge in [0.1, 0.15) is 17.2 Å². The van der Waals surface area contributed by atoms with E-state index < -0.39 is 0 Å². The monoisotopic (exact) mass is 464 g/mol. The molecule has 178 valence electrons. The lowest BCUT2D eigenvalue weighted by molar-refractivity contribution is 0.174. The molecule has 0 saturated heterocycles. The molecule has 1 heterocycles. The van der Waals surface area contributed by atoms with Crippen molar-refractivity contribution in [3.8, 4) is 28.7 Å². The lowest BCUT2D eigenvalue weighted by Gasteiger charge is -2.20. The van der Waals surface area contributed by atoms with Crippen molar-refractivity contribution in [2.24, 2.45) is 0 Å². The van der Waals surface area contributed by atoms with E-state index >= 15 is 0 Å². The Labute approximate surface area is 198 Å². The molecule has 4 rings (SSSR count). The van der Waals surface area contributed by atoms with Gasteiger partial charge in [0.2, 0.25) is 6.79 Å². The summed E-state index contributed by atoms with van der Waals surface area (Å²) in [5, 5.41) is 5.98. The van der Waals surface area contributed by atoms with Crippen LogP contribution in [-0.4, -0.2) is 40.2 Å².